The first kappa shape index (κ1) is 19.1. The predicted molar refractivity (Wildman–Crippen MR) is 115 cm³/mol. The summed E-state index contributed by atoms with van der Waals surface area (Å²) in [5.41, 5.74) is 1.02. The molecule has 4 fully saturated rings. The molecule has 0 saturated heterocycles. The summed E-state index contributed by atoms with van der Waals surface area (Å²) in [5, 5.41) is 0. The highest BCUT2D eigenvalue weighted by molar-refractivity contribution is 7.09. The monoisotopic (exact) mass is 410 g/mol. The van der Waals surface area contributed by atoms with E-state index in [9.17, 15) is 4.79 Å². The van der Waals surface area contributed by atoms with Crippen LogP contribution in [0.15, 0.2) is 35.3 Å². The van der Waals surface area contributed by atoms with E-state index in [1.54, 1.807) is 11.3 Å². The van der Waals surface area contributed by atoms with Gasteiger partial charge in [-0.05, 0) is 82.3 Å². The number of aromatic nitrogens is 1. The van der Waals surface area contributed by atoms with Crippen LogP contribution in [0.1, 0.15) is 49.1 Å². The van der Waals surface area contributed by atoms with Crippen molar-refractivity contribution < 1.29 is 9.53 Å². The molecule has 4 aliphatic carbocycles. The molecule has 0 atom stereocenters. The minimum absolute atomic E-state index is 0.149. The van der Waals surface area contributed by atoms with Crippen molar-refractivity contribution in [1.29, 1.82) is 0 Å². The summed E-state index contributed by atoms with van der Waals surface area (Å²) >= 11 is 1.64. The number of hydrogen-bond acceptors (Lipinski definition) is 3. The van der Waals surface area contributed by atoms with Crippen molar-refractivity contribution in [3.8, 4) is 5.75 Å². The van der Waals surface area contributed by atoms with E-state index in [1.165, 1.54) is 29.8 Å². The summed E-state index contributed by atoms with van der Waals surface area (Å²) in [7, 11) is 0. The third-order valence-corrected chi connectivity index (χ3v) is 8.50. The van der Waals surface area contributed by atoms with Gasteiger partial charge in [0.15, 0.2) is 4.80 Å². The minimum Gasteiger partial charge on any atom is -0.492 e. The molecule has 4 saturated carbocycles. The average Bonchev–Trinajstić information content (AvgIpc) is 2.95. The quantitative estimate of drug-likeness (QED) is 0.704. The van der Waals surface area contributed by atoms with Gasteiger partial charge in [0.2, 0.25) is 0 Å². The van der Waals surface area contributed by atoms with Gasteiger partial charge in [0.1, 0.15) is 12.4 Å². The topological polar surface area (TPSA) is 43.6 Å². The van der Waals surface area contributed by atoms with Gasteiger partial charge in [-0.25, -0.2) is 0 Å². The van der Waals surface area contributed by atoms with Crippen LogP contribution in [0.3, 0.4) is 0 Å². The van der Waals surface area contributed by atoms with Crippen molar-refractivity contribution in [2.24, 2.45) is 28.2 Å². The van der Waals surface area contributed by atoms with Crippen molar-refractivity contribution in [3.05, 3.63) is 45.7 Å². The van der Waals surface area contributed by atoms with Crippen LogP contribution in [0.4, 0.5) is 0 Å². The maximum absolute atomic E-state index is 13.4. The van der Waals surface area contributed by atoms with Crippen LogP contribution in [0.5, 0.6) is 5.75 Å². The normalized spacial score (nSPS) is 30.7. The Morgan fingerprint density at radius 2 is 1.72 bits per heavy atom. The lowest BCUT2D eigenvalue weighted by Gasteiger charge is -2.55. The van der Waals surface area contributed by atoms with Gasteiger partial charge in [0, 0.05) is 10.6 Å². The maximum Gasteiger partial charge on any atom is 0.254 e. The number of hydrogen-bond donors (Lipinski definition) is 0. The van der Waals surface area contributed by atoms with E-state index >= 15 is 0 Å². The third kappa shape index (κ3) is 3.58. The number of nitrogens with zero attached hydrogens (tertiary/aromatic N) is 2. The molecular weight excluding hydrogens is 380 g/mol. The molecule has 1 amide bonds. The van der Waals surface area contributed by atoms with Gasteiger partial charge < -0.3 is 9.30 Å². The number of aryl methyl sites for hydroxylation is 1. The zero-order chi connectivity index (χ0) is 20.0. The van der Waals surface area contributed by atoms with E-state index in [1.807, 2.05) is 30.3 Å². The summed E-state index contributed by atoms with van der Waals surface area (Å²) in [5.74, 6) is 3.31. The van der Waals surface area contributed by atoms with E-state index in [0.29, 0.717) is 13.2 Å². The second kappa shape index (κ2) is 7.42. The number of carbonyl (C=O) groups is 1. The maximum atomic E-state index is 13.4. The van der Waals surface area contributed by atoms with E-state index < -0.39 is 0 Å². The number of para-hydroxylation sites is 1. The summed E-state index contributed by atoms with van der Waals surface area (Å²) in [6, 6.07) is 9.89. The number of benzene rings is 1. The molecule has 4 nitrogen and oxygen atoms in total. The van der Waals surface area contributed by atoms with Crippen molar-refractivity contribution in [3.63, 3.8) is 0 Å². The molecule has 1 aromatic carbocycles. The molecule has 154 valence electrons. The van der Waals surface area contributed by atoms with Crippen LogP contribution < -0.4 is 9.54 Å². The molecule has 4 bridgehead atoms. The first-order chi connectivity index (χ1) is 14.0. The Bertz CT molecular complexity index is 937. The first-order valence-electron chi connectivity index (χ1n) is 11.0. The lowest BCUT2D eigenvalue weighted by molar-refractivity contribution is -0.142. The molecule has 29 heavy (non-hydrogen) atoms. The van der Waals surface area contributed by atoms with Gasteiger partial charge in [-0.3, -0.25) is 4.79 Å². The van der Waals surface area contributed by atoms with Gasteiger partial charge in [0.25, 0.3) is 5.91 Å². The second-order valence-corrected chi connectivity index (χ2v) is 10.6. The van der Waals surface area contributed by atoms with Gasteiger partial charge >= 0.3 is 0 Å². The van der Waals surface area contributed by atoms with E-state index in [2.05, 4.69) is 18.4 Å². The van der Waals surface area contributed by atoms with E-state index in [4.69, 9.17) is 9.73 Å². The highest BCUT2D eigenvalue weighted by atomic mass is 32.1. The van der Waals surface area contributed by atoms with Gasteiger partial charge in [-0.15, -0.1) is 11.3 Å². The van der Waals surface area contributed by atoms with Crippen LogP contribution in [-0.4, -0.2) is 17.1 Å². The first-order valence-corrected chi connectivity index (χ1v) is 11.8. The number of carbonyl (C=O) groups excluding carboxylic acids is 1. The molecule has 4 aliphatic rings. The molecular formula is C24H30N2O2S. The van der Waals surface area contributed by atoms with Gasteiger partial charge in [-0.2, -0.15) is 4.99 Å². The van der Waals surface area contributed by atoms with Crippen molar-refractivity contribution in [2.75, 3.05) is 6.61 Å². The summed E-state index contributed by atoms with van der Waals surface area (Å²) in [6.07, 6.45) is 7.26. The average molecular weight is 411 g/mol. The lowest BCUT2D eigenvalue weighted by atomic mass is 9.49. The molecule has 0 unspecified atom stereocenters. The van der Waals surface area contributed by atoms with Crippen molar-refractivity contribution in [2.45, 2.75) is 58.9 Å². The minimum atomic E-state index is -0.168. The Morgan fingerprint density at radius 1 is 1.10 bits per heavy atom. The fourth-order valence-corrected chi connectivity index (χ4v) is 7.29. The summed E-state index contributed by atoms with van der Waals surface area (Å²) < 4.78 is 8.06. The molecule has 0 radical (unpaired) electrons. The standard InChI is InChI=1S/C24H30N2O2S/c1-16-17(2)29-23(26(16)8-9-28-21-6-4-3-5-7-21)25-22(27)24-13-18-10-19(14-24)12-20(11-18)15-24/h3-7,18-20H,8-15H2,1-2H3. The second-order valence-electron chi connectivity index (χ2n) is 9.45. The highest BCUT2D eigenvalue weighted by Gasteiger charge is 2.54. The zero-order valence-electron chi connectivity index (χ0n) is 17.4. The Labute approximate surface area is 176 Å². The SMILES string of the molecule is Cc1sc(=NC(=O)C23CC4CC(CC(C4)C2)C3)n(CCOc2ccccc2)c1C. The number of amides is 1. The van der Waals surface area contributed by atoms with Crippen molar-refractivity contribution in [1.82, 2.24) is 4.57 Å². The molecule has 2 aromatic rings. The Morgan fingerprint density at radius 3 is 2.34 bits per heavy atom. The van der Waals surface area contributed by atoms with Gasteiger partial charge in [0.05, 0.1) is 12.0 Å². The Kier molecular flexibility index (Phi) is 4.89. The number of ether oxygens (including phenoxy) is 1. The number of thiazole rings is 1. The fourth-order valence-electron chi connectivity index (χ4n) is 6.30. The summed E-state index contributed by atoms with van der Waals surface area (Å²) in [4.78, 5) is 20.2. The molecule has 1 heterocycles. The fraction of sp³-hybridized carbons (Fsp3) is 0.583. The van der Waals surface area contributed by atoms with Crippen LogP contribution in [0.2, 0.25) is 0 Å². The Hall–Kier alpha value is -1.88. The van der Waals surface area contributed by atoms with Crippen LogP contribution >= 0.6 is 11.3 Å². The molecule has 0 spiro atoms. The molecule has 0 N–H and O–H groups in total. The molecule has 6 rings (SSSR count). The third-order valence-electron chi connectivity index (χ3n) is 7.41. The summed E-state index contributed by atoms with van der Waals surface area (Å²) in [6.45, 7) is 5.50. The Balaban J connectivity index is 1.37. The largest absolute Gasteiger partial charge is 0.492 e. The zero-order valence-corrected chi connectivity index (χ0v) is 18.2. The molecule has 1 aromatic heterocycles. The van der Waals surface area contributed by atoms with Gasteiger partial charge in [-0.1, -0.05) is 18.2 Å². The predicted octanol–water partition coefficient (Wildman–Crippen LogP) is 4.89. The van der Waals surface area contributed by atoms with Crippen molar-refractivity contribution >= 4 is 17.2 Å². The smallest absolute Gasteiger partial charge is 0.254 e. The van der Waals surface area contributed by atoms with E-state index in [0.717, 1.165) is 47.6 Å². The van der Waals surface area contributed by atoms with E-state index in [-0.39, 0.29) is 11.3 Å². The van der Waals surface area contributed by atoms with Crippen LogP contribution in [0.25, 0.3) is 0 Å². The van der Waals surface area contributed by atoms with Crippen LogP contribution in [0, 0.1) is 37.0 Å². The molecule has 5 heteroatoms. The molecule has 0 aliphatic heterocycles. The highest BCUT2D eigenvalue weighted by Crippen LogP contribution is 2.60. The van der Waals surface area contributed by atoms with Crippen LogP contribution in [-0.2, 0) is 11.3 Å². The number of rotatable bonds is 5. The lowest BCUT2D eigenvalue weighted by Crippen LogP contribution is -2.50.